The van der Waals surface area contributed by atoms with E-state index in [1.165, 1.54) is 0 Å². The Balaban J connectivity index is 1.78. The quantitative estimate of drug-likeness (QED) is 0.694. The third-order valence-electron chi connectivity index (χ3n) is 2.26. The van der Waals surface area contributed by atoms with Gasteiger partial charge in [-0.15, -0.1) is 0 Å². The van der Waals surface area contributed by atoms with Gasteiger partial charge < -0.3 is 9.62 Å². The van der Waals surface area contributed by atoms with E-state index in [9.17, 15) is 0 Å². The molecule has 7 heteroatoms. The van der Waals surface area contributed by atoms with Crippen LogP contribution in [-0.2, 0) is 0 Å². The number of anilines is 2. The Morgan fingerprint density at radius 1 is 0.765 bits per heavy atom. The van der Waals surface area contributed by atoms with Crippen molar-refractivity contribution in [3.63, 3.8) is 0 Å². The van der Waals surface area contributed by atoms with Crippen LogP contribution in [0.2, 0.25) is 0 Å². The smallest absolute Gasteiger partial charge is 0.357 e. The van der Waals surface area contributed by atoms with Crippen LogP contribution in [0.25, 0.3) is 0 Å². The number of rotatable bonds is 2. The van der Waals surface area contributed by atoms with Gasteiger partial charge in [0, 0.05) is 37.2 Å². The van der Waals surface area contributed by atoms with E-state index in [-0.39, 0.29) is 0 Å². The Bertz CT molecular complexity index is 469. The molecular weight excluding hydrogens is 215 g/mol. The second-order valence-corrected chi connectivity index (χ2v) is 3.36. The average molecular weight is 223 g/mol. The normalized spacial score (nSPS) is 13.9. The van der Waals surface area contributed by atoms with Gasteiger partial charge in [0.2, 0.25) is 0 Å². The molecule has 3 heterocycles. The third-order valence-corrected chi connectivity index (χ3v) is 2.26. The van der Waals surface area contributed by atoms with Crippen molar-refractivity contribution in [3.8, 4) is 0 Å². The molecule has 0 bridgehead atoms. The summed E-state index contributed by atoms with van der Waals surface area (Å²) in [5, 5.41) is 0. The highest BCUT2D eigenvalue weighted by Gasteiger charge is 2.20. The first-order chi connectivity index (χ1) is 8.43. The molecule has 6 nitrogen and oxygen atoms in total. The van der Waals surface area contributed by atoms with Crippen molar-refractivity contribution in [2.24, 2.45) is 0 Å². The van der Waals surface area contributed by atoms with Gasteiger partial charge >= 0.3 is 7.55 Å². The van der Waals surface area contributed by atoms with Crippen LogP contribution in [-0.4, -0.2) is 27.5 Å². The average Bonchev–Trinajstić information content (AvgIpc) is 2.90. The summed E-state index contributed by atoms with van der Waals surface area (Å²) in [6, 6.07) is 0. The summed E-state index contributed by atoms with van der Waals surface area (Å²) in [6.07, 6.45) is 13.8. The lowest BCUT2D eigenvalue weighted by atomic mass is 10.1. The lowest BCUT2D eigenvalue weighted by Gasteiger charge is -2.16. The van der Waals surface area contributed by atoms with Gasteiger partial charge in [-0.2, -0.15) is 0 Å². The molecule has 81 valence electrons. The molecular formula is C10H8BN6. The van der Waals surface area contributed by atoms with E-state index in [2.05, 4.69) is 19.9 Å². The second-order valence-electron chi connectivity index (χ2n) is 3.36. The fraction of sp³-hybridized carbons (Fsp3) is 0. The minimum atomic E-state index is 0.759. The fourth-order valence-electron chi connectivity index (χ4n) is 1.47. The molecule has 0 aromatic carbocycles. The Morgan fingerprint density at radius 2 is 1.29 bits per heavy atom. The van der Waals surface area contributed by atoms with Crippen molar-refractivity contribution in [2.45, 2.75) is 0 Å². The summed E-state index contributed by atoms with van der Waals surface area (Å²) in [5.41, 5.74) is 0. The van der Waals surface area contributed by atoms with E-state index in [1.807, 2.05) is 29.6 Å². The van der Waals surface area contributed by atoms with Gasteiger partial charge in [0.1, 0.15) is 11.6 Å². The monoisotopic (exact) mass is 223 g/mol. The van der Waals surface area contributed by atoms with Crippen LogP contribution in [0.1, 0.15) is 0 Å². The van der Waals surface area contributed by atoms with Gasteiger partial charge in [0.05, 0.1) is 12.4 Å². The number of nitrogens with zero attached hydrogens (tertiary/aromatic N) is 6. The molecule has 0 spiro atoms. The lowest BCUT2D eigenvalue weighted by Crippen LogP contribution is -2.30. The van der Waals surface area contributed by atoms with Gasteiger partial charge in [0.15, 0.2) is 0 Å². The highest BCUT2D eigenvalue weighted by Crippen LogP contribution is 2.17. The van der Waals surface area contributed by atoms with E-state index in [4.69, 9.17) is 0 Å². The molecule has 1 radical (unpaired) electrons. The molecule has 0 N–H and O–H groups in total. The zero-order valence-corrected chi connectivity index (χ0v) is 8.88. The number of hydrogen-bond acceptors (Lipinski definition) is 6. The lowest BCUT2D eigenvalue weighted by molar-refractivity contribution is 1.15. The minimum Gasteiger partial charge on any atom is -0.357 e. The van der Waals surface area contributed by atoms with E-state index in [0.29, 0.717) is 0 Å². The molecule has 0 amide bonds. The SMILES string of the molecule is [B]1N(c2cnccn2)C=CN1c1cnccn1. The Labute approximate surface area is 99.0 Å². The van der Waals surface area contributed by atoms with Gasteiger partial charge in [-0.25, -0.2) is 9.97 Å². The van der Waals surface area contributed by atoms with Gasteiger partial charge in [-0.05, 0) is 0 Å². The highest BCUT2D eigenvalue weighted by atomic mass is 15.3. The summed E-state index contributed by atoms with van der Waals surface area (Å²) in [7, 11) is 1.87. The number of hydrogen-bond donors (Lipinski definition) is 0. The maximum atomic E-state index is 4.21. The second kappa shape index (κ2) is 4.21. The molecule has 1 aliphatic heterocycles. The first kappa shape index (κ1) is 9.77. The highest BCUT2D eigenvalue weighted by molar-refractivity contribution is 6.49. The predicted octanol–water partition coefficient (Wildman–Crippen LogP) is 0.599. The van der Waals surface area contributed by atoms with Crippen LogP contribution in [0.3, 0.4) is 0 Å². The van der Waals surface area contributed by atoms with Gasteiger partial charge in [0.25, 0.3) is 0 Å². The van der Waals surface area contributed by atoms with Crippen molar-refractivity contribution in [1.29, 1.82) is 0 Å². The molecule has 0 aliphatic carbocycles. The van der Waals surface area contributed by atoms with Crippen LogP contribution in [0.4, 0.5) is 11.6 Å². The molecule has 17 heavy (non-hydrogen) atoms. The van der Waals surface area contributed by atoms with Crippen molar-refractivity contribution in [2.75, 3.05) is 9.62 Å². The fourth-order valence-corrected chi connectivity index (χ4v) is 1.47. The predicted molar refractivity (Wildman–Crippen MR) is 63.9 cm³/mol. The van der Waals surface area contributed by atoms with Crippen molar-refractivity contribution in [3.05, 3.63) is 49.6 Å². The molecule has 0 unspecified atom stereocenters. The van der Waals surface area contributed by atoms with Crippen molar-refractivity contribution in [1.82, 2.24) is 19.9 Å². The van der Waals surface area contributed by atoms with Gasteiger partial charge in [-0.1, -0.05) is 0 Å². The summed E-state index contributed by atoms with van der Waals surface area (Å²) in [6.45, 7) is 0. The van der Waals surface area contributed by atoms with Crippen molar-refractivity contribution < 1.29 is 0 Å². The molecule has 0 fully saturated rings. The van der Waals surface area contributed by atoms with E-state index < -0.39 is 0 Å². The van der Waals surface area contributed by atoms with Crippen LogP contribution in [0, 0.1) is 0 Å². The van der Waals surface area contributed by atoms with E-state index >= 15 is 0 Å². The molecule has 0 atom stereocenters. The van der Waals surface area contributed by atoms with E-state index in [1.54, 1.807) is 37.2 Å². The zero-order valence-electron chi connectivity index (χ0n) is 8.88. The summed E-state index contributed by atoms with van der Waals surface area (Å²) in [4.78, 5) is 20.2. The van der Waals surface area contributed by atoms with Gasteiger partial charge in [-0.3, -0.25) is 9.97 Å². The Morgan fingerprint density at radius 3 is 1.71 bits per heavy atom. The molecule has 2 aromatic rings. The maximum Gasteiger partial charge on any atom is 0.403 e. The van der Waals surface area contributed by atoms with Crippen LogP contribution < -0.4 is 9.62 Å². The van der Waals surface area contributed by atoms with E-state index in [0.717, 1.165) is 11.6 Å². The number of aromatic nitrogens is 4. The largest absolute Gasteiger partial charge is 0.403 e. The third kappa shape index (κ3) is 1.94. The maximum absolute atomic E-state index is 4.21. The van der Waals surface area contributed by atoms with Crippen LogP contribution in [0.5, 0.6) is 0 Å². The minimum absolute atomic E-state index is 0.759. The topological polar surface area (TPSA) is 58.0 Å². The Hall–Kier alpha value is -2.44. The Kier molecular flexibility index (Phi) is 2.42. The van der Waals surface area contributed by atoms with Crippen LogP contribution in [0.15, 0.2) is 49.6 Å². The van der Waals surface area contributed by atoms with Crippen LogP contribution >= 0.6 is 0 Å². The summed E-state index contributed by atoms with van der Waals surface area (Å²) >= 11 is 0. The molecule has 0 saturated heterocycles. The molecule has 2 aromatic heterocycles. The first-order valence-electron chi connectivity index (χ1n) is 5.05. The molecule has 1 aliphatic rings. The summed E-state index contributed by atoms with van der Waals surface area (Å²) in [5.74, 6) is 1.52. The standard InChI is InChI=1S/C10H8BN6/c1-3-14-9(7-12-1)16-5-6-17(11-16)10-8-13-2-4-15-10/h1-8H. The zero-order chi connectivity index (χ0) is 11.5. The molecule has 3 rings (SSSR count). The first-order valence-corrected chi connectivity index (χ1v) is 5.05. The molecule has 0 saturated carbocycles. The summed E-state index contributed by atoms with van der Waals surface area (Å²) < 4.78 is 0. The van der Waals surface area contributed by atoms with Crippen molar-refractivity contribution >= 4 is 19.2 Å².